The van der Waals surface area contributed by atoms with Gasteiger partial charge in [-0.1, -0.05) is 0 Å². The normalized spacial score (nSPS) is 18.3. The third-order valence-corrected chi connectivity index (χ3v) is 4.78. The first-order valence-corrected chi connectivity index (χ1v) is 7.75. The van der Waals surface area contributed by atoms with E-state index in [2.05, 4.69) is 10.3 Å². The van der Waals surface area contributed by atoms with E-state index in [4.69, 9.17) is 0 Å². The number of hydrogen-bond acceptors (Lipinski definition) is 5. The summed E-state index contributed by atoms with van der Waals surface area (Å²) in [6, 6.07) is 7.06. The van der Waals surface area contributed by atoms with Crippen molar-refractivity contribution in [3.05, 3.63) is 40.6 Å². The average molecular weight is 289 g/mol. The summed E-state index contributed by atoms with van der Waals surface area (Å²) in [5.74, 6) is 2.93. The molecule has 2 heterocycles. The number of nitro groups is 1. The van der Waals surface area contributed by atoms with Crippen LogP contribution in [0.3, 0.4) is 0 Å². The quantitative estimate of drug-likeness (QED) is 0.691. The Kier molecular flexibility index (Phi) is 3.73. The molecule has 6 heteroatoms. The van der Waals surface area contributed by atoms with E-state index in [0.717, 1.165) is 12.3 Å². The van der Waals surface area contributed by atoms with Crippen molar-refractivity contribution in [3.8, 4) is 0 Å². The minimum Gasteiger partial charge on any atom is -0.379 e. The van der Waals surface area contributed by atoms with Gasteiger partial charge in [-0.25, -0.2) is 0 Å². The molecule has 0 bridgehead atoms. The lowest BCUT2D eigenvalue weighted by Crippen LogP contribution is -2.14. The molecule has 1 fully saturated rings. The Bertz CT molecular complexity index is 641. The van der Waals surface area contributed by atoms with Gasteiger partial charge in [0.05, 0.1) is 15.8 Å². The van der Waals surface area contributed by atoms with E-state index in [9.17, 15) is 10.1 Å². The van der Waals surface area contributed by atoms with Crippen LogP contribution in [0, 0.1) is 16.0 Å². The molecule has 1 unspecified atom stereocenters. The van der Waals surface area contributed by atoms with Crippen LogP contribution >= 0.6 is 11.8 Å². The van der Waals surface area contributed by atoms with Crippen LogP contribution in [-0.4, -0.2) is 28.0 Å². The fraction of sp³-hybridized carbons (Fsp3) is 0.357. The molecule has 1 aromatic carbocycles. The maximum atomic E-state index is 11.4. The fourth-order valence-electron chi connectivity index (χ4n) is 2.47. The van der Waals surface area contributed by atoms with Gasteiger partial charge in [-0.3, -0.25) is 15.1 Å². The predicted molar refractivity (Wildman–Crippen MR) is 82.3 cm³/mol. The maximum Gasteiger partial charge on any atom is 0.301 e. The Morgan fingerprint density at radius 3 is 3.10 bits per heavy atom. The topological polar surface area (TPSA) is 68.1 Å². The Balaban J connectivity index is 1.92. The highest BCUT2D eigenvalue weighted by molar-refractivity contribution is 7.99. The monoisotopic (exact) mass is 289 g/mol. The van der Waals surface area contributed by atoms with Crippen LogP contribution in [0.5, 0.6) is 0 Å². The molecule has 0 radical (unpaired) electrons. The van der Waals surface area contributed by atoms with E-state index in [0.29, 0.717) is 22.5 Å². The number of nitrogens with one attached hydrogen (secondary N) is 1. The molecule has 3 rings (SSSR count). The van der Waals surface area contributed by atoms with Crippen molar-refractivity contribution in [3.63, 3.8) is 0 Å². The van der Waals surface area contributed by atoms with E-state index in [1.165, 1.54) is 12.2 Å². The molecule has 0 amide bonds. The van der Waals surface area contributed by atoms with Crippen LogP contribution < -0.4 is 5.32 Å². The van der Waals surface area contributed by atoms with Crippen LogP contribution in [0.4, 0.5) is 11.4 Å². The second-order valence-electron chi connectivity index (χ2n) is 4.90. The molecule has 1 aliphatic heterocycles. The molecular weight excluding hydrogens is 274 g/mol. The largest absolute Gasteiger partial charge is 0.379 e. The third-order valence-electron chi connectivity index (χ3n) is 3.54. The summed E-state index contributed by atoms with van der Waals surface area (Å²) in [5.41, 5.74) is 1.37. The molecule has 104 valence electrons. The molecule has 0 aliphatic carbocycles. The van der Waals surface area contributed by atoms with E-state index >= 15 is 0 Å². The second-order valence-corrected chi connectivity index (χ2v) is 6.05. The Labute approximate surface area is 120 Å². The van der Waals surface area contributed by atoms with Crippen LogP contribution in [0.15, 0.2) is 30.5 Å². The first kappa shape index (κ1) is 13.2. The second kappa shape index (κ2) is 5.66. The van der Waals surface area contributed by atoms with Gasteiger partial charge in [0, 0.05) is 12.7 Å². The summed E-state index contributed by atoms with van der Waals surface area (Å²) in [6.45, 7) is 0.791. The summed E-state index contributed by atoms with van der Waals surface area (Å²) in [7, 11) is 0. The Morgan fingerprint density at radius 2 is 2.35 bits per heavy atom. The third kappa shape index (κ3) is 2.56. The first-order chi connectivity index (χ1) is 9.75. The van der Waals surface area contributed by atoms with Crippen molar-refractivity contribution in [2.75, 3.05) is 23.4 Å². The number of benzene rings is 1. The first-order valence-electron chi connectivity index (χ1n) is 6.59. The molecule has 0 spiro atoms. The van der Waals surface area contributed by atoms with Gasteiger partial charge < -0.3 is 5.32 Å². The van der Waals surface area contributed by atoms with Crippen molar-refractivity contribution < 1.29 is 4.92 Å². The van der Waals surface area contributed by atoms with E-state index in [-0.39, 0.29) is 10.6 Å². The van der Waals surface area contributed by atoms with Crippen molar-refractivity contribution in [1.82, 2.24) is 4.98 Å². The van der Waals surface area contributed by atoms with Gasteiger partial charge in [0.2, 0.25) is 0 Å². The van der Waals surface area contributed by atoms with Gasteiger partial charge in [-0.2, -0.15) is 11.8 Å². The van der Waals surface area contributed by atoms with E-state index in [1.54, 1.807) is 24.4 Å². The summed E-state index contributed by atoms with van der Waals surface area (Å²) in [4.78, 5) is 15.2. The van der Waals surface area contributed by atoms with Crippen LogP contribution in [-0.2, 0) is 0 Å². The van der Waals surface area contributed by atoms with Gasteiger partial charge >= 0.3 is 5.69 Å². The molecule has 1 aliphatic rings. The highest BCUT2D eigenvalue weighted by Crippen LogP contribution is 2.33. The predicted octanol–water partition coefficient (Wildman–Crippen LogP) is 3.31. The smallest absolute Gasteiger partial charge is 0.301 e. The van der Waals surface area contributed by atoms with Crippen molar-refractivity contribution in [1.29, 1.82) is 0 Å². The lowest BCUT2D eigenvalue weighted by Gasteiger charge is -2.12. The zero-order chi connectivity index (χ0) is 13.9. The number of thioether (sulfide) groups is 1. The van der Waals surface area contributed by atoms with E-state index in [1.807, 2.05) is 17.8 Å². The zero-order valence-electron chi connectivity index (χ0n) is 10.9. The number of fused-ring (bicyclic) bond motifs is 1. The van der Waals surface area contributed by atoms with Gasteiger partial charge in [-0.15, -0.1) is 0 Å². The molecular formula is C14H15N3O2S. The van der Waals surface area contributed by atoms with Gasteiger partial charge in [-0.05, 0) is 48.1 Å². The lowest BCUT2D eigenvalue weighted by atomic mass is 10.1. The minimum absolute atomic E-state index is 0.126. The highest BCUT2D eigenvalue weighted by atomic mass is 32.2. The SMILES string of the molecule is O=[N+]([O-])c1c(NCC2CCSC2)ccc2ncccc12. The molecule has 1 atom stereocenters. The summed E-state index contributed by atoms with van der Waals surface area (Å²) in [6.07, 6.45) is 2.83. The van der Waals surface area contributed by atoms with E-state index < -0.39 is 0 Å². The standard InChI is InChI=1S/C14H15N3O2S/c18-17(19)14-11-2-1-6-15-12(11)3-4-13(14)16-8-10-5-7-20-9-10/h1-4,6,10,16H,5,7-9H2. The number of hydrogen-bond donors (Lipinski definition) is 1. The number of nitro benzene ring substituents is 1. The van der Waals surface area contributed by atoms with Crippen LogP contribution in [0.25, 0.3) is 10.9 Å². The number of anilines is 1. The summed E-state index contributed by atoms with van der Waals surface area (Å²) >= 11 is 1.95. The molecule has 1 saturated heterocycles. The summed E-state index contributed by atoms with van der Waals surface area (Å²) < 4.78 is 0. The van der Waals surface area contributed by atoms with Crippen LogP contribution in [0.1, 0.15) is 6.42 Å². The fourth-order valence-corrected chi connectivity index (χ4v) is 3.76. The highest BCUT2D eigenvalue weighted by Gasteiger charge is 2.21. The molecule has 1 aromatic heterocycles. The molecule has 20 heavy (non-hydrogen) atoms. The van der Waals surface area contributed by atoms with Gasteiger partial charge in [0.25, 0.3) is 0 Å². The van der Waals surface area contributed by atoms with Gasteiger partial charge in [0.15, 0.2) is 0 Å². The Hall–Kier alpha value is -1.82. The molecule has 2 aromatic rings. The minimum atomic E-state index is -0.324. The molecule has 1 N–H and O–H groups in total. The van der Waals surface area contributed by atoms with Crippen molar-refractivity contribution in [2.24, 2.45) is 5.92 Å². The number of rotatable bonds is 4. The lowest BCUT2D eigenvalue weighted by molar-refractivity contribution is -0.382. The summed E-state index contributed by atoms with van der Waals surface area (Å²) in [5, 5.41) is 15.2. The molecule has 0 saturated carbocycles. The van der Waals surface area contributed by atoms with Crippen LogP contribution in [0.2, 0.25) is 0 Å². The molecule has 5 nitrogen and oxygen atoms in total. The van der Waals surface area contributed by atoms with Crippen molar-refractivity contribution >= 4 is 34.0 Å². The number of nitrogens with zero attached hydrogens (tertiary/aromatic N) is 2. The van der Waals surface area contributed by atoms with Crippen molar-refractivity contribution in [2.45, 2.75) is 6.42 Å². The van der Waals surface area contributed by atoms with Gasteiger partial charge in [0.1, 0.15) is 5.69 Å². The zero-order valence-corrected chi connectivity index (χ0v) is 11.7. The number of pyridine rings is 1. The Morgan fingerprint density at radius 1 is 1.45 bits per heavy atom. The maximum absolute atomic E-state index is 11.4. The number of aromatic nitrogens is 1. The average Bonchev–Trinajstić information content (AvgIpc) is 2.97.